The second-order valence-electron chi connectivity index (χ2n) is 8.32. The molecular weight excluding hydrogens is 290 g/mol. The summed E-state index contributed by atoms with van der Waals surface area (Å²) in [5, 5.41) is 0. The van der Waals surface area contributed by atoms with Gasteiger partial charge in [0.05, 0.1) is 0 Å². The number of halogens is 2. The minimum Gasteiger partial charge on any atom is -0.244 e. The Morgan fingerprint density at radius 2 is 1.91 bits per heavy atom. The van der Waals surface area contributed by atoms with Gasteiger partial charge in [0, 0.05) is 5.92 Å². The normalized spacial score (nSPS) is 36.6. The fraction of sp³-hybridized carbons (Fsp3) is 0.905. The summed E-state index contributed by atoms with van der Waals surface area (Å²) in [4.78, 5) is 0. The summed E-state index contributed by atoms with van der Waals surface area (Å²) < 4.78 is 29.3. The van der Waals surface area contributed by atoms with Crippen molar-refractivity contribution in [2.75, 3.05) is 0 Å². The van der Waals surface area contributed by atoms with E-state index in [2.05, 4.69) is 26.8 Å². The van der Waals surface area contributed by atoms with Gasteiger partial charge in [-0.15, -0.1) is 0 Å². The van der Waals surface area contributed by atoms with Gasteiger partial charge in [-0.3, -0.25) is 0 Å². The van der Waals surface area contributed by atoms with Gasteiger partial charge in [-0.25, -0.2) is 8.78 Å². The monoisotopic (exact) mass is 326 g/mol. The van der Waals surface area contributed by atoms with Gasteiger partial charge in [0.25, 0.3) is 0 Å². The largest absolute Gasteiger partial charge is 0.244 e. The molecule has 2 aliphatic carbocycles. The van der Waals surface area contributed by atoms with Crippen molar-refractivity contribution in [1.29, 1.82) is 0 Å². The summed E-state index contributed by atoms with van der Waals surface area (Å²) in [6, 6.07) is 0. The highest BCUT2D eigenvalue weighted by Gasteiger charge is 2.41. The first-order valence-corrected chi connectivity index (χ1v) is 10.00. The van der Waals surface area contributed by atoms with Crippen LogP contribution in [-0.4, -0.2) is 12.3 Å². The molecule has 6 unspecified atom stereocenters. The Labute approximate surface area is 142 Å². The summed E-state index contributed by atoms with van der Waals surface area (Å²) >= 11 is 0. The van der Waals surface area contributed by atoms with E-state index in [1.807, 2.05) is 0 Å². The van der Waals surface area contributed by atoms with Crippen LogP contribution >= 0.6 is 0 Å². The third kappa shape index (κ3) is 5.29. The molecule has 6 atom stereocenters. The van der Waals surface area contributed by atoms with Gasteiger partial charge >= 0.3 is 0 Å². The quantitative estimate of drug-likeness (QED) is 0.440. The van der Waals surface area contributed by atoms with Crippen molar-refractivity contribution in [1.82, 2.24) is 0 Å². The van der Waals surface area contributed by atoms with Gasteiger partial charge in [-0.05, 0) is 56.3 Å². The third-order valence-corrected chi connectivity index (χ3v) is 6.23. The highest BCUT2D eigenvalue weighted by atomic mass is 19.2. The average Bonchev–Trinajstić information content (AvgIpc) is 2.53. The van der Waals surface area contributed by atoms with E-state index in [4.69, 9.17) is 0 Å². The van der Waals surface area contributed by atoms with E-state index in [0.29, 0.717) is 5.92 Å². The van der Waals surface area contributed by atoms with Crippen molar-refractivity contribution < 1.29 is 8.78 Å². The lowest BCUT2D eigenvalue weighted by molar-refractivity contribution is 0.0290. The highest BCUT2D eigenvalue weighted by Crippen LogP contribution is 2.42. The van der Waals surface area contributed by atoms with Gasteiger partial charge in [-0.1, -0.05) is 58.1 Å². The number of rotatable bonds is 7. The summed E-state index contributed by atoms with van der Waals surface area (Å²) in [6.45, 7) is 6.74. The van der Waals surface area contributed by atoms with Crippen molar-refractivity contribution >= 4 is 0 Å². The lowest BCUT2D eigenvalue weighted by atomic mass is 9.71. The maximum Gasteiger partial charge on any atom is 0.138 e. The molecule has 0 aliphatic heterocycles. The summed E-state index contributed by atoms with van der Waals surface area (Å²) in [5.41, 5.74) is 1.22. The molecule has 0 saturated heterocycles. The van der Waals surface area contributed by atoms with Crippen LogP contribution in [0.5, 0.6) is 0 Å². The van der Waals surface area contributed by atoms with Gasteiger partial charge in [0.1, 0.15) is 12.3 Å². The van der Waals surface area contributed by atoms with Crippen LogP contribution in [0.1, 0.15) is 85.0 Å². The highest BCUT2D eigenvalue weighted by molar-refractivity contribution is 5.14. The van der Waals surface area contributed by atoms with E-state index in [-0.39, 0.29) is 11.8 Å². The van der Waals surface area contributed by atoms with Crippen LogP contribution in [0.4, 0.5) is 8.78 Å². The molecule has 0 amide bonds. The molecule has 0 spiro atoms. The van der Waals surface area contributed by atoms with Crippen molar-refractivity contribution in [3.05, 3.63) is 11.6 Å². The zero-order valence-electron chi connectivity index (χ0n) is 15.4. The maximum atomic E-state index is 14.7. The maximum absolute atomic E-state index is 14.7. The fourth-order valence-electron chi connectivity index (χ4n) is 4.58. The van der Waals surface area contributed by atoms with Crippen LogP contribution in [0.2, 0.25) is 0 Å². The zero-order chi connectivity index (χ0) is 16.8. The molecule has 2 aliphatic rings. The molecule has 0 aromatic carbocycles. The molecule has 0 heterocycles. The molecule has 0 radical (unpaired) electrons. The van der Waals surface area contributed by atoms with E-state index in [1.165, 1.54) is 24.8 Å². The minimum absolute atomic E-state index is 0.0433. The van der Waals surface area contributed by atoms with Crippen LogP contribution in [0.25, 0.3) is 0 Å². The Morgan fingerprint density at radius 3 is 2.57 bits per heavy atom. The molecule has 23 heavy (non-hydrogen) atoms. The second kappa shape index (κ2) is 9.18. The lowest BCUT2D eigenvalue weighted by Crippen LogP contribution is -2.39. The summed E-state index contributed by atoms with van der Waals surface area (Å²) in [6.07, 6.45) is 10.2. The van der Waals surface area contributed by atoms with E-state index in [0.717, 1.165) is 50.9 Å². The fourth-order valence-corrected chi connectivity index (χ4v) is 4.58. The zero-order valence-corrected chi connectivity index (χ0v) is 15.4. The number of hydrogen-bond acceptors (Lipinski definition) is 0. The Morgan fingerprint density at radius 1 is 1.13 bits per heavy atom. The molecule has 0 N–H and O–H groups in total. The van der Waals surface area contributed by atoms with E-state index >= 15 is 0 Å². The lowest BCUT2D eigenvalue weighted by Gasteiger charge is -2.37. The van der Waals surface area contributed by atoms with E-state index < -0.39 is 12.3 Å². The van der Waals surface area contributed by atoms with E-state index in [1.54, 1.807) is 0 Å². The number of hydrogen-bond donors (Lipinski definition) is 0. The number of alkyl halides is 2. The van der Waals surface area contributed by atoms with Crippen LogP contribution in [-0.2, 0) is 0 Å². The van der Waals surface area contributed by atoms with Crippen LogP contribution < -0.4 is 0 Å². The minimum atomic E-state index is -1.26. The van der Waals surface area contributed by atoms with Gasteiger partial charge < -0.3 is 0 Å². The molecule has 0 aromatic rings. The van der Waals surface area contributed by atoms with Gasteiger partial charge in [-0.2, -0.15) is 0 Å². The van der Waals surface area contributed by atoms with Crippen molar-refractivity contribution in [2.24, 2.45) is 23.7 Å². The first-order chi connectivity index (χ1) is 11.0. The predicted molar refractivity (Wildman–Crippen MR) is 95.0 cm³/mol. The Balaban J connectivity index is 1.80. The molecule has 2 rings (SSSR count). The standard InChI is InChI=1S/C21H36F2/c1-4-6-15(2)7-5-8-18-13-14-19(21(23)20(18)22)17-11-9-16(3)10-12-17/h11,15-16,18-21H,4-10,12-14H2,1-3H3. The molecule has 1 saturated carbocycles. The molecule has 0 nitrogen and oxygen atoms in total. The van der Waals surface area contributed by atoms with Gasteiger partial charge in [0.15, 0.2) is 0 Å². The van der Waals surface area contributed by atoms with Crippen LogP contribution in [0.15, 0.2) is 11.6 Å². The molecular formula is C21H36F2. The summed E-state index contributed by atoms with van der Waals surface area (Å²) in [7, 11) is 0. The molecule has 1 fully saturated rings. The second-order valence-corrected chi connectivity index (χ2v) is 8.32. The third-order valence-electron chi connectivity index (χ3n) is 6.23. The van der Waals surface area contributed by atoms with Crippen molar-refractivity contribution in [2.45, 2.75) is 97.3 Å². The molecule has 0 bridgehead atoms. The first kappa shape index (κ1) is 18.9. The smallest absolute Gasteiger partial charge is 0.138 e. The van der Waals surface area contributed by atoms with Crippen molar-refractivity contribution in [3.63, 3.8) is 0 Å². The Bertz CT molecular complexity index is 376. The SMILES string of the molecule is CCCC(C)CCCC1CCC(C2=CCC(C)CC2)C(F)C1F. The van der Waals surface area contributed by atoms with E-state index in [9.17, 15) is 8.78 Å². The molecule has 134 valence electrons. The Hall–Kier alpha value is -0.400. The average molecular weight is 327 g/mol. The Kier molecular flexibility index (Phi) is 7.56. The molecule has 0 aromatic heterocycles. The summed E-state index contributed by atoms with van der Waals surface area (Å²) in [5.74, 6) is 1.26. The van der Waals surface area contributed by atoms with Crippen LogP contribution in [0, 0.1) is 23.7 Å². The van der Waals surface area contributed by atoms with Crippen molar-refractivity contribution in [3.8, 4) is 0 Å². The number of allylic oxidation sites excluding steroid dienone is 2. The topological polar surface area (TPSA) is 0 Å². The first-order valence-electron chi connectivity index (χ1n) is 10.00. The van der Waals surface area contributed by atoms with Crippen LogP contribution in [0.3, 0.4) is 0 Å². The predicted octanol–water partition coefficient (Wildman–Crippen LogP) is 7.04. The molecule has 2 heteroatoms. The van der Waals surface area contributed by atoms with Gasteiger partial charge in [0.2, 0.25) is 0 Å².